The fraction of sp³-hybridized carbons (Fsp3) is 0.222. The lowest BCUT2D eigenvalue weighted by Gasteiger charge is -2.12. The highest BCUT2D eigenvalue weighted by Gasteiger charge is 2.31. The molecule has 1 aromatic carbocycles. The number of nitrogens with one attached hydrogen (secondary N) is 1. The molecule has 0 saturated carbocycles. The van der Waals surface area contributed by atoms with Crippen molar-refractivity contribution in [3.8, 4) is 0 Å². The van der Waals surface area contributed by atoms with E-state index in [4.69, 9.17) is 5.73 Å². The smallest absolute Gasteiger partial charge is 0.392 e. The molecule has 0 atom stereocenters. The maximum Gasteiger partial charge on any atom is 0.416 e. The first-order valence-electron chi connectivity index (χ1n) is 4.67. The molecule has 0 aliphatic carbocycles. The van der Waals surface area contributed by atoms with Crippen LogP contribution in [0.5, 0.6) is 0 Å². The molecule has 3 N–H and O–H groups in total. The molecule has 1 aromatic rings. The Hall–Kier alpha value is -0.870. The van der Waals surface area contributed by atoms with Gasteiger partial charge in [-0.05, 0) is 34.1 Å². The molecule has 0 saturated heterocycles. The summed E-state index contributed by atoms with van der Waals surface area (Å²) >= 11 is 7.40. The first kappa shape index (κ1) is 16.2. The highest BCUT2D eigenvalue weighted by molar-refractivity contribution is 9.10. The molecule has 0 bridgehead atoms. The Balaban J connectivity index is 3.11. The monoisotopic (exact) mass is 376 g/mol. The third-order valence-electron chi connectivity index (χ3n) is 1.89. The van der Waals surface area contributed by atoms with E-state index in [2.05, 4.69) is 28.1 Å². The first-order chi connectivity index (χ1) is 8.51. The normalized spacial score (nSPS) is 12.2. The van der Waals surface area contributed by atoms with Crippen molar-refractivity contribution in [2.24, 2.45) is 5.73 Å². The summed E-state index contributed by atoms with van der Waals surface area (Å²) in [5.74, 6) is -0.648. The largest absolute Gasteiger partial charge is 0.416 e. The number of sulfonamides is 1. The topological polar surface area (TPSA) is 72.2 Å². The number of hydrogen-bond donors (Lipinski definition) is 2. The molecule has 0 unspecified atom stereocenters. The van der Waals surface area contributed by atoms with Crippen LogP contribution in [0.1, 0.15) is 5.56 Å². The summed E-state index contributed by atoms with van der Waals surface area (Å²) in [4.78, 5) is -0.282. The van der Waals surface area contributed by atoms with Gasteiger partial charge in [0, 0.05) is 4.47 Å². The van der Waals surface area contributed by atoms with Crippen LogP contribution in [0.4, 0.5) is 18.9 Å². The maximum atomic E-state index is 12.5. The third-order valence-corrected chi connectivity index (χ3v) is 4.13. The molecule has 0 radical (unpaired) electrons. The van der Waals surface area contributed by atoms with Gasteiger partial charge in [-0.1, -0.05) is 12.2 Å². The lowest BCUT2D eigenvalue weighted by Crippen LogP contribution is -2.26. The van der Waals surface area contributed by atoms with Crippen molar-refractivity contribution in [2.45, 2.75) is 6.18 Å². The van der Waals surface area contributed by atoms with Crippen LogP contribution in [0, 0.1) is 0 Å². The molecule has 0 heterocycles. The summed E-state index contributed by atoms with van der Waals surface area (Å²) in [5, 5.41) is 0. The summed E-state index contributed by atoms with van der Waals surface area (Å²) in [6.45, 7) is 0. The summed E-state index contributed by atoms with van der Waals surface area (Å²) in [6, 6.07) is 2.61. The van der Waals surface area contributed by atoms with Gasteiger partial charge >= 0.3 is 6.18 Å². The second-order valence-corrected chi connectivity index (χ2v) is 6.62. The number of rotatable bonds is 4. The second kappa shape index (κ2) is 5.63. The van der Waals surface area contributed by atoms with Gasteiger partial charge in [0.25, 0.3) is 0 Å². The van der Waals surface area contributed by atoms with Gasteiger partial charge in [-0.3, -0.25) is 4.72 Å². The van der Waals surface area contributed by atoms with Gasteiger partial charge in [0.15, 0.2) is 0 Å². The Kier molecular flexibility index (Phi) is 4.80. The zero-order chi connectivity index (χ0) is 14.8. The zero-order valence-electron chi connectivity index (χ0n) is 9.16. The van der Waals surface area contributed by atoms with E-state index in [1.165, 1.54) is 0 Å². The fourth-order valence-corrected chi connectivity index (χ4v) is 3.06. The molecule has 0 fully saturated rings. The van der Waals surface area contributed by atoms with Crippen molar-refractivity contribution in [1.29, 1.82) is 0 Å². The third kappa shape index (κ3) is 4.96. The number of hydrogen-bond acceptors (Lipinski definition) is 3. The van der Waals surface area contributed by atoms with Crippen LogP contribution in [0.25, 0.3) is 0 Å². The van der Waals surface area contributed by atoms with E-state index in [0.29, 0.717) is 6.07 Å². The van der Waals surface area contributed by atoms with E-state index in [1.807, 2.05) is 4.72 Å². The lowest BCUT2D eigenvalue weighted by atomic mass is 10.2. The van der Waals surface area contributed by atoms with E-state index in [0.717, 1.165) is 12.1 Å². The molecule has 0 aromatic heterocycles. The molecule has 19 heavy (non-hydrogen) atoms. The predicted molar refractivity (Wildman–Crippen MR) is 73.3 cm³/mol. The van der Waals surface area contributed by atoms with Crippen molar-refractivity contribution in [1.82, 2.24) is 0 Å². The molecular formula is C9H8BrF3N2O2S2. The molecule has 0 spiro atoms. The Bertz CT molecular complexity index is 602. The number of thiocarbonyl (C=S) groups is 1. The Morgan fingerprint density at radius 1 is 1.42 bits per heavy atom. The summed E-state index contributed by atoms with van der Waals surface area (Å²) in [5.41, 5.74) is 3.89. The minimum absolute atomic E-state index is 0.173. The minimum atomic E-state index is -4.57. The molecule has 1 rings (SSSR count). The molecule has 106 valence electrons. The predicted octanol–water partition coefficient (Wildman–Crippen LogP) is 2.50. The highest BCUT2D eigenvalue weighted by Crippen LogP contribution is 2.34. The molecule has 4 nitrogen and oxygen atoms in total. The van der Waals surface area contributed by atoms with Crippen LogP contribution in [-0.4, -0.2) is 19.2 Å². The van der Waals surface area contributed by atoms with Gasteiger partial charge in [0.2, 0.25) is 10.0 Å². The van der Waals surface area contributed by atoms with Crippen molar-refractivity contribution >= 4 is 48.8 Å². The SMILES string of the molecule is NC(=S)CS(=O)(=O)Nc1cc(C(F)(F)F)ccc1Br. The Morgan fingerprint density at radius 3 is 2.47 bits per heavy atom. The van der Waals surface area contributed by atoms with Crippen LogP contribution in [-0.2, 0) is 16.2 Å². The zero-order valence-corrected chi connectivity index (χ0v) is 12.4. The number of anilines is 1. The van der Waals surface area contributed by atoms with E-state index < -0.39 is 27.5 Å². The molecule has 0 aliphatic rings. The van der Waals surface area contributed by atoms with Crippen molar-refractivity contribution < 1.29 is 21.6 Å². The van der Waals surface area contributed by atoms with Gasteiger partial charge in [0.05, 0.1) is 16.2 Å². The van der Waals surface area contributed by atoms with Crippen molar-refractivity contribution in [2.75, 3.05) is 10.5 Å². The summed E-state index contributed by atoms with van der Waals surface area (Å²) < 4.78 is 62.8. The van der Waals surface area contributed by atoms with E-state index in [9.17, 15) is 21.6 Å². The molecule has 0 aliphatic heterocycles. The summed E-state index contributed by atoms with van der Waals surface area (Å²) in [6.07, 6.45) is -4.57. The Labute approximate surface area is 121 Å². The average molecular weight is 377 g/mol. The minimum Gasteiger partial charge on any atom is -0.392 e. The number of alkyl halides is 3. The van der Waals surface area contributed by atoms with E-state index in [-0.39, 0.29) is 15.1 Å². The lowest BCUT2D eigenvalue weighted by molar-refractivity contribution is -0.137. The van der Waals surface area contributed by atoms with Crippen LogP contribution in [0.2, 0.25) is 0 Å². The number of halogens is 4. The van der Waals surface area contributed by atoms with Gasteiger partial charge < -0.3 is 5.73 Å². The standard InChI is InChI=1S/C9H8BrF3N2O2S2/c10-6-2-1-5(9(11,12)13)3-7(6)15-19(16,17)4-8(14)18/h1-3,15H,4H2,(H2,14,18). The van der Waals surface area contributed by atoms with Crippen molar-refractivity contribution in [3.63, 3.8) is 0 Å². The van der Waals surface area contributed by atoms with Gasteiger partial charge in [-0.15, -0.1) is 0 Å². The van der Waals surface area contributed by atoms with Gasteiger partial charge in [-0.25, -0.2) is 8.42 Å². The summed E-state index contributed by atoms with van der Waals surface area (Å²) in [7, 11) is -3.93. The first-order valence-corrected chi connectivity index (χ1v) is 7.52. The van der Waals surface area contributed by atoms with Gasteiger partial charge in [0.1, 0.15) is 5.75 Å². The highest BCUT2D eigenvalue weighted by atomic mass is 79.9. The Morgan fingerprint density at radius 2 is 2.00 bits per heavy atom. The van der Waals surface area contributed by atoms with E-state index >= 15 is 0 Å². The van der Waals surface area contributed by atoms with Crippen LogP contribution >= 0.6 is 28.1 Å². The molecular weight excluding hydrogens is 369 g/mol. The number of nitrogens with two attached hydrogens (primary N) is 1. The second-order valence-electron chi connectivity index (χ2n) is 3.52. The quantitative estimate of drug-likeness (QED) is 0.791. The van der Waals surface area contributed by atoms with Crippen LogP contribution in [0.15, 0.2) is 22.7 Å². The maximum absolute atomic E-state index is 12.5. The fourth-order valence-electron chi connectivity index (χ4n) is 1.17. The number of benzene rings is 1. The van der Waals surface area contributed by atoms with E-state index in [1.54, 1.807) is 0 Å². The molecule has 0 amide bonds. The van der Waals surface area contributed by atoms with Gasteiger partial charge in [-0.2, -0.15) is 13.2 Å². The molecule has 10 heteroatoms. The average Bonchev–Trinajstić information content (AvgIpc) is 2.17. The van der Waals surface area contributed by atoms with Crippen LogP contribution < -0.4 is 10.5 Å². The van der Waals surface area contributed by atoms with Crippen molar-refractivity contribution in [3.05, 3.63) is 28.2 Å². The van der Waals surface area contributed by atoms with Crippen LogP contribution in [0.3, 0.4) is 0 Å².